The molecule has 0 aliphatic heterocycles. The first-order valence-electron chi connectivity index (χ1n) is 10.8. The Balaban J connectivity index is 1.92. The first-order valence-corrected chi connectivity index (χ1v) is 10.8. The van der Waals surface area contributed by atoms with E-state index in [2.05, 4.69) is 9.97 Å². The first-order chi connectivity index (χ1) is 16.9. The average molecular weight is 476 g/mol. The molecule has 1 heterocycles. The Labute approximate surface area is 200 Å². The van der Waals surface area contributed by atoms with Crippen molar-refractivity contribution in [1.29, 1.82) is 0 Å². The summed E-state index contributed by atoms with van der Waals surface area (Å²) in [5.74, 6) is -2.41. The number of hydrogen-bond acceptors (Lipinski definition) is 5. The second kappa shape index (κ2) is 10.4. The highest BCUT2D eigenvalue weighted by atomic mass is 19.1. The molecule has 6 nitrogen and oxygen atoms in total. The van der Waals surface area contributed by atoms with Crippen LogP contribution in [-0.4, -0.2) is 27.1 Å². The molecule has 0 radical (unpaired) electrons. The van der Waals surface area contributed by atoms with Crippen LogP contribution >= 0.6 is 0 Å². The van der Waals surface area contributed by atoms with Gasteiger partial charge >= 0.3 is 12.0 Å². The lowest BCUT2D eigenvalue weighted by atomic mass is 9.80. The maximum atomic E-state index is 13.9. The molecule has 0 aliphatic rings. The number of hydrogen-bond donors (Lipinski definition) is 1. The molecule has 0 amide bonds. The maximum absolute atomic E-state index is 13.9. The minimum absolute atomic E-state index is 0.0165. The fraction of sp³-hybridized carbons (Fsp3) is 0.148. The van der Waals surface area contributed by atoms with Gasteiger partial charge in [-0.05, 0) is 53.9 Å². The standard InChI is InChI=1S/C27H22F2N2O4/c1-18-15-16-30-26(31-18)35-24(25(32)33)27(20-7-11-22(28)12-8-20,21-9-13-23(29)14-10-21)34-17-19-5-3-2-4-6-19/h2-16,24H,17H2,1H3,(H,32,33)/t24-/m0/s1. The molecule has 1 N–H and O–H groups in total. The van der Waals surface area contributed by atoms with Gasteiger partial charge in [-0.1, -0.05) is 54.6 Å². The van der Waals surface area contributed by atoms with Crippen LogP contribution in [0.25, 0.3) is 0 Å². The van der Waals surface area contributed by atoms with E-state index >= 15 is 0 Å². The Bertz CT molecular complexity index is 1240. The van der Waals surface area contributed by atoms with E-state index in [4.69, 9.17) is 9.47 Å². The van der Waals surface area contributed by atoms with Gasteiger partial charge in [0.2, 0.25) is 6.10 Å². The Morgan fingerprint density at radius 1 is 0.914 bits per heavy atom. The van der Waals surface area contributed by atoms with Gasteiger partial charge in [-0.3, -0.25) is 0 Å². The topological polar surface area (TPSA) is 81.5 Å². The summed E-state index contributed by atoms with van der Waals surface area (Å²) >= 11 is 0. The van der Waals surface area contributed by atoms with Crippen LogP contribution in [0.2, 0.25) is 0 Å². The summed E-state index contributed by atoms with van der Waals surface area (Å²) in [4.78, 5) is 20.9. The van der Waals surface area contributed by atoms with Gasteiger partial charge in [0.15, 0.2) is 5.60 Å². The number of carboxylic acid groups (broad SMARTS) is 1. The number of benzene rings is 3. The van der Waals surface area contributed by atoms with E-state index < -0.39 is 29.3 Å². The molecule has 1 atom stereocenters. The lowest BCUT2D eigenvalue weighted by molar-refractivity contribution is -0.166. The molecule has 4 aromatic rings. The number of aromatic nitrogens is 2. The first kappa shape index (κ1) is 24.0. The van der Waals surface area contributed by atoms with Crippen LogP contribution in [0.3, 0.4) is 0 Å². The highest BCUT2D eigenvalue weighted by Gasteiger charge is 2.50. The molecule has 4 rings (SSSR count). The largest absolute Gasteiger partial charge is 0.478 e. The molecule has 0 aliphatic carbocycles. The molecule has 8 heteroatoms. The van der Waals surface area contributed by atoms with Gasteiger partial charge in [0.05, 0.1) is 6.61 Å². The van der Waals surface area contributed by atoms with Gasteiger partial charge in [-0.15, -0.1) is 0 Å². The minimum Gasteiger partial charge on any atom is -0.478 e. The highest BCUT2D eigenvalue weighted by Crippen LogP contribution is 2.40. The van der Waals surface area contributed by atoms with Crippen molar-refractivity contribution in [2.75, 3.05) is 0 Å². The van der Waals surface area contributed by atoms with E-state index in [1.54, 1.807) is 13.0 Å². The molecule has 3 aromatic carbocycles. The zero-order chi connectivity index (χ0) is 24.8. The second-order valence-electron chi connectivity index (χ2n) is 7.84. The van der Waals surface area contributed by atoms with Crippen LogP contribution in [0, 0.1) is 18.6 Å². The Hall–Kier alpha value is -4.17. The fourth-order valence-electron chi connectivity index (χ4n) is 3.77. The van der Waals surface area contributed by atoms with Gasteiger partial charge < -0.3 is 14.6 Å². The van der Waals surface area contributed by atoms with Crippen molar-refractivity contribution in [3.8, 4) is 6.01 Å². The van der Waals surface area contributed by atoms with Crippen molar-refractivity contribution >= 4 is 5.97 Å². The fourth-order valence-corrected chi connectivity index (χ4v) is 3.77. The Morgan fingerprint density at radius 3 is 2.00 bits per heavy atom. The quantitative estimate of drug-likeness (QED) is 0.364. The second-order valence-corrected chi connectivity index (χ2v) is 7.84. The molecule has 0 bridgehead atoms. The monoisotopic (exact) mass is 476 g/mol. The van der Waals surface area contributed by atoms with Gasteiger partial charge in [0, 0.05) is 11.9 Å². The third-order valence-electron chi connectivity index (χ3n) is 5.44. The van der Waals surface area contributed by atoms with Crippen LogP contribution < -0.4 is 4.74 Å². The third kappa shape index (κ3) is 5.33. The molecule has 1 aromatic heterocycles. The summed E-state index contributed by atoms with van der Waals surface area (Å²) in [6.07, 6.45) is -0.275. The lowest BCUT2D eigenvalue weighted by Crippen LogP contribution is -2.51. The predicted molar refractivity (Wildman–Crippen MR) is 124 cm³/mol. The van der Waals surface area contributed by atoms with E-state index in [9.17, 15) is 18.7 Å². The van der Waals surface area contributed by atoms with Gasteiger partial charge in [-0.25, -0.2) is 23.5 Å². The van der Waals surface area contributed by atoms with Crippen LogP contribution in [0.1, 0.15) is 22.4 Å². The van der Waals surface area contributed by atoms with Crippen molar-refractivity contribution in [3.63, 3.8) is 0 Å². The smallest absolute Gasteiger partial charge is 0.348 e. The molecule has 0 unspecified atom stereocenters. The molecule has 0 spiro atoms. The maximum Gasteiger partial charge on any atom is 0.348 e. The minimum atomic E-state index is -1.82. The molecular weight excluding hydrogens is 454 g/mol. The molecule has 0 saturated heterocycles. The summed E-state index contributed by atoms with van der Waals surface area (Å²) in [7, 11) is 0. The summed E-state index contributed by atoms with van der Waals surface area (Å²) in [6.45, 7) is 1.70. The zero-order valence-electron chi connectivity index (χ0n) is 18.8. The average Bonchev–Trinajstić information content (AvgIpc) is 2.86. The van der Waals surface area contributed by atoms with Crippen LogP contribution in [-0.2, 0) is 21.7 Å². The number of rotatable bonds is 9. The number of carboxylic acids is 1. The van der Waals surface area contributed by atoms with Crippen molar-refractivity contribution < 1.29 is 28.2 Å². The molecule has 0 saturated carbocycles. The van der Waals surface area contributed by atoms with Crippen LogP contribution in [0.4, 0.5) is 8.78 Å². The van der Waals surface area contributed by atoms with Gasteiger partial charge in [0.1, 0.15) is 11.6 Å². The van der Waals surface area contributed by atoms with E-state index in [1.807, 2.05) is 30.3 Å². The summed E-state index contributed by atoms with van der Waals surface area (Å²) in [6, 6.07) is 21.0. The van der Waals surface area contributed by atoms with Crippen molar-refractivity contribution in [1.82, 2.24) is 9.97 Å². The van der Waals surface area contributed by atoms with Gasteiger partial charge in [0.25, 0.3) is 0 Å². The van der Waals surface area contributed by atoms with Crippen LogP contribution in [0.5, 0.6) is 6.01 Å². The highest BCUT2D eigenvalue weighted by molar-refractivity contribution is 5.76. The Morgan fingerprint density at radius 2 is 1.49 bits per heavy atom. The SMILES string of the molecule is Cc1ccnc(O[C@@H](C(=O)O)C(OCc2ccccc2)(c2ccc(F)cc2)c2ccc(F)cc2)n1. The lowest BCUT2D eigenvalue weighted by Gasteiger charge is -2.39. The Kier molecular flexibility index (Phi) is 7.12. The molecular formula is C27H22F2N2O4. The number of aliphatic carboxylic acids is 1. The van der Waals surface area contributed by atoms with Crippen molar-refractivity contribution in [3.05, 3.63) is 125 Å². The number of ether oxygens (including phenoxy) is 2. The summed E-state index contributed by atoms with van der Waals surface area (Å²) in [5.41, 5.74) is 0.0921. The predicted octanol–water partition coefficient (Wildman–Crippen LogP) is 5.06. The van der Waals surface area contributed by atoms with E-state index in [-0.39, 0.29) is 12.6 Å². The summed E-state index contributed by atoms with van der Waals surface area (Å²) < 4.78 is 40.0. The molecule has 0 fully saturated rings. The zero-order valence-corrected chi connectivity index (χ0v) is 18.8. The third-order valence-corrected chi connectivity index (χ3v) is 5.44. The van der Waals surface area contributed by atoms with Gasteiger partial charge in [-0.2, -0.15) is 0 Å². The normalized spacial score (nSPS) is 12.2. The number of carbonyl (C=O) groups is 1. The van der Waals surface area contributed by atoms with E-state index in [0.29, 0.717) is 16.8 Å². The van der Waals surface area contributed by atoms with E-state index in [0.717, 1.165) is 5.56 Å². The van der Waals surface area contributed by atoms with Crippen molar-refractivity contribution in [2.24, 2.45) is 0 Å². The number of nitrogens with zero attached hydrogens (tertiary/aromatic N) is 2. The van der Waals surface area contributed by atoms with E-state index in [1.165, 1.54) is 54.7 Å². The molecule has 35 heavy (non-hydrogen) atoms. The van der Waals surface area contributed by atoms with Crippen LogP contribution in [0.15, 0.2) is 91.1 Å². The van der Waals surface area contributed by atoms with Crippen molar-refractivity contribution in [2.45, 2.75) is 25.2 Å². The number of aryl methyl sites for hydroxylation is 1. The summed E-state index contributed by atoms with van der Waals surface area (Å²) in [5, 5.41) is 10.4. The molecule has 178 valence electrons. The number of halogens is 2.